The Morgan fingerprint density at radius 2 is 2.04 bits per heavy atom. The molecule has 158 valence electrons. The summed E-state index contributed by atoms with van der Waals surface area (Å²) in [5.41, 5.74) is 2.37. The molecule has 1 atom stereocenters. The second-order valence-corrected chi connectivity index (χ2v) is 8.24. The molecule has 0 aromatic heterocycles. The maximum absolute atomic E-state index is 5.87. The van der Waals surface area contributed by atoms with Gasteiger partial charge in [0.15, 0.2) is 5.96 Å². The van der Waals surface area contributed by atoms with E-state index >= 15 is 0 Å². The SMILES string of the molecule is CCNC(=NCc1ccc(Br)cc1N1CCOCC1)NCC1(C)CCCO1.I. The molecule has 3 rings (SSSR count). The Hall–Kier alpha value is -0.580. The van der Waals surface area contributed by atoms with Gasteiger partial charge in [0.2, 0.25) is 0 Å². The fourth-order valence-electron chi connectivity index (χ4n) is 3.52. The number of benzene rings is 1. The first-order chi connectivity index (χ1) is 13.1. The van der Waals surface area contributed by atoms with Crippen molar-refractivity contribution in [2.24, 2.45) is 4.99 Å². The van der Waals surface area contributed by atoms with Crippen molar-refractivity contribution in [1.29, 1.82) is 0 Å². The van der Waals surface area contributed by atoms with Crippen LogP contribution < -0.4 is 15.5 Å². The second-order valence-electron chi connectivity index (χ2n) is 7.32. The molecule has 2 heterocycles. The number of anilines is 1. The highest BCUT2D eigenvalue weighted by atomic mass is 127. The quantitative estimate of drug-likeness (QED) is 0.313. The Labute approximate surface area is 194 Å². The van der Waals surface area contributed by atoms with Gasteiger partial charge in [0.25, 0.3) is 0 Å². The number of ether oxygens (including phenoxy) is 2. The van der Waals surface area contributed by atoms with Crippen LogP contribution in [0.25, 0.3) is 0 Å². The van der Waals surface area contributed by atoms with E-state index in [2.05, 4.69) is 63.5 Å². The van der Waals surface area contributed by atoms with Crippen LogP contribution >= 0.6 is 39.9 Å². The van der Waals surface area contributed by atoms with Gasteiger partial charge in [-0.3, -0.25) is 0 Å². The van der Waals surface area contributed by atoms with Crippen LogP contribution in [0.4, 0.5) is 5.69 Å². The molecule has 0 bridgehead atoms. The van der Waals surface area contributed by atoms with Crippen molar-refractivity contribution in [2.75, 3.05) is 50.9 Å². The molecule has 1 aromatic carbocycles. The first kappa shape index (κ1) is 23.7. The van der Waals surface area contributed by atoms with Crippen molar-refractivity contribution in [3.8, 4) is 0 Å². The summed E-state index contributed by atoms with van der Waals surface area (Å²) >= 11 is 3.60. The van der Waals surface area contributed by atoms with Crippen molar-refractivity contribution in [3.63, 3.8) is 0 Å². The second kappa shape index (κ2) is 11.6. The van der Waals surface area contributed by atoms with Gasteiger partial charge in [-0.05, 0) is 44.4 Å². The lowest BCUT2D eigenvalue weighted by Gasteiger charge is -2.30. The van der Waals surface area contributed by atoms with Crippen LogP contribution in [-0.4, -0.2) is 57.6 Å². The van der Waals surface area contributed by atoms with Crippen molar-refractivity contribution < 1.29 is 9.47 Å². The van der Waals surface area contributed by atoms with E-state index in [1.165, 1.54) is 11.3 Å². The summed E-state index contributed by atoms with van der Waals surface area (Å²) in [4.78, 5) is 7.21. The number of hydrogen-bond donors (Lipinski definition) is 2. The third-order valence-electron chi connectivity index (χ3n) is 5.08. The molecular formula is C20H32BrIN4O2. The van der Waals surface area contributed by atoms with E-state index in [0.29, 0.717) is 6.54 Å². The minimum Gasteiger partial charge on any atom is -0.378 e. The first-order valence-electron chi connectivity index (χ1n) is 9.87. The van der Waals surface area contributed by atoms with Crippen LogP contribution in [0.15, 0.2) is 27.7 Å². The van der Waals surface area contributed by atoms with Gasteiger partial charge in [-0.1, -0.05) is 22.0 Å². The van der Waals surface area contributed by atoms with E-state index in [1.54, 1.807) is 0 Å². The normalized spacial score (nSPS) is 22.7. The van der Waals surface area contributed by atoms with Crippen LogP contribution in [0.1, 0.15) is 32.3 Å². The molecule has 0 spiro atoms. The predicted octanol–water partition coefficient (Wildman–Crippen LogP) is 3.53. The van der Waals surface area contributed by atoms with Gasteiger partial charge in [0.05, 0.1) is 25.4 Å². The lowest BCUT2D eigenvalue weighted by atomic mass is 10.0. The van der Waals surface area contributed by atoms with Gasteiger partial charge in [-0.15, -0.1) is 24.0 Å². The third kappa shape index (κ3) is 6.74. The molecule has 1 aromatic rings. The molecule has 28 heavy (non-hydrogen) atoms. The summed E-state index contributed by atoms with van der Waals surface area (Å²) in [6.45, 7) is 10.7. The molecule has 0 radical (unpaired) electrons. The monoisotopic (exact) mass is 566 g/mol. The molecule has 1 unspecified atom stereocenters. The number of guanidine groups is 1. The number of nitrogens with zero attached hydrogens (tertiary/aromatic N) is 2. The lowest BCUT2D eigenvalue weighted by molar-refractivity contribution is 0.0243. The summed E-state index contributed by atoms with van der Waals surface area (Å²) in [6.07, 6.45) is 2.22. The highest BCUT2D eigenvalue weighted by molar-refractivity contribution is 14.0. The Balaban J connectivity index is 0.00000280. The average Bonchev–Trinajstić information content (AvgIpc) is 3.12. The van der Waals surface area contributed by atoms with E-state index in [4.69, 9.17) is 14.5 Å². The Bertz CT molecular complexity index is 647. The Kier molecular flexibility index (Phi) is 9.79. The summed E-state index contributed by atoms with van der Waals surface area (Å²) in [7, 11) is 0. The van der Waals surface area contributed by atoms with E-state index in [0.717, 1.165) is 69.3 Å². The molecular weight excluding hydrogens is 535 g/mol. The Morgan fingerprint density at radius 3 is 2.71 bits per heavy atom. The zero-order valence-electron chi connectivity index (χ0n) is 16.8. The van der Waals surface area contributed by atoms with Crippen LogP contribution in [0.5, 0.6) is 0 Å². The zero-order chi connectivity index (χ0) is 19.1. The molecule has 0 saturated carbocycles. The minimum absolute atomic E-state index is 0. The number of aliphatic imine (C=N–C) groups is 1. The van der Waals surface area contributed by atoms with Gasteiger partial charge >= 0.3 is 0 Å². The Morgan fingerprint density at radius 1 is 1.25 bits per heavy atom. The molecule has 6 nitrogen and oxygen atoms in total. The third-order valence-corrected chi connectivity index (χ3v) is 5.57. The smallest absolute Gasteiger partial charge is 0.191 e. The molecule has 0 aliphatic carbocycles. The van der Waals surface area contributed by atoms with E-state index in [9.17, 15) is 0 Å². The van der Waals surface area contributed by atoms with Gasteiger partial charge in [-0.2, -0.15) is 0 Å². The minimum atomic E-state index is -0.0905. The predicted molar refractivity (Wildman–Crippen MR) is 129 cm³/mol. The van der Waals surface area contributed by atoms with Crippen LogP contribution in [-0.2, 0) is 16.0 Å². The molecule has 8 heteroatoms. The number of morpholine rings is 1. The number of nitrogens with one attached hydrogen (secondary N) is 2. The summed E-state index contributed by atoms with van der Waals surface area (Å²) in [5, 5.41) is 6.80. The summed E-state index contributed by atoms with van der Waals surface area (Å²) < 4.78 is 12.5. The number of halogens is 2. The van der Waals surface area contributed by atoms with Gasteiger partial charge in [-0.25, -0.2) is 4.99 Å². The number of hydrogen-bond acceptors (Lipinski definition) is 4. The highest BCUT2D eigenvalue weighted by Crippen LogP contribution is 2.27. The molecule has 0 amide bonds. The highest BCUT2D eigenvalue weighted by Gasteiger charge is 2.29. The van der Waals surface area contributed by atoms with Crippen molar-refractivity contribution in [1.82, 2.24) is 10.6 Å². The standard InChI is InChI=1S/C20H31BrN4O2.HI/c1-3-22-19(24-15-20(2)7-4-10-27-20)23-14-16-5-6-17(21)13-18(16)25-8-11-26-12-9-25;/h5-6,13H,3-4,7-12,14-15H2,1-2H3,(H2,22,23,24);1H. The molecule has 2 saturated heterocycles. The first-order valence-corrected chi connectivity index (χ1v) is 10.7. The van der Waals surface area contributed by atoms with Crippen LogP contribution in [0.3, 0.4) is 0 Å². The maximum atomic E-state index is 5.87. The van der Waals surface area contributed by atoms with Crippen molar-refractivity contribution >= 4 is 51.6 Å². The van der Waals surface area contributed by atoms with E-state index in [1.807, 2.05) is 0 Å². The van der Waals surface area contributed by atoms with Crippen LogP contribution in [0.2, 0.25) is 0 Å². The van der Waals surface area contributed by atoms with Gasteiger partial charge < -0.3 is 25.0 Å². The fourth-order valence-corrected chi connectivity index (χ4v) is 3.87. The molecule has 2 fully saturated rings. The summed E-state index contributed by atoms with van der Waals surface area (Å²) in [5.74, 6) is 0.838. The molecule has 2 N–H and O–H groups in total. The van der Waals surface area contributed by atoms with Crippen molar-refractivity contribution in [2.45, 2.75) is 38.8 Å². The van der Waals surface area contributed by atoms with Crippen LogP contribution in [0, 0.1) is 0 Å². The topological polar surface area (TPSA) is 58.1 Å². The van der Waals surface area contributed by atoms with E-state index in [-0.39, 0.29) is 29.6 Å². The van der Waals surface area contributed by atoms with E-state index < -0.39 is 0 Å². The van der Waals surface area contributed by atoms with Gasteiger partial charge in [0.1, 0.15) is 0 Å². The molecule has 2 aliphatic rings. The average molecular weight is 567 g/mol. The largest absolute Gasteiger partial charge is 0.378 e. The maximum Gasteiger partial charge on any atom is 0.191 e. The zero-order valence-corrected chi connectivity index (χ0v) is 20.7. The lowest BCUT2D eigenvalue weighted by Crippen LogP contribution is -2.45. The van der Waals surface area contributed by atoms with Crippen molar-refractivity contribution in [3.05, 3.63) is 28.2 Å². The summed E-state index contributed by atoms with van der Waals surface area (Å²) in [6, 6.07) is 6.43. The molecule has 2 aliphatic heterocycles. The number of rotatable bonds is 6. The fraction of sp³-hybridized carbons (Fsp3) is 0.650. The van der Waals surface area contributed by atoms with Gasteiger partial charge in [0, 0.05) is 42.9 Å².